The van der Waals surface area contributed by atoms with Crippen LogP contribution >= 0.6 is 11.6 Å². The molecule has 0 radical (unpaired) electrons. The molecule has 0 fully saturated rings. The molecule has 3 rings (SSSR count). The van der Waals surface area contributed by atoms with Crippen LogP contribution in [0, 0.1) is 0 Å². The summed E-state index contributed by atoms with van der Waals surface area (Å²) in [5.41, 5.74) is 0.788. The van der Waals surface area contributed by atoms with Gasteiger partial charge in [0.2, 0.25) is 5.82 Å². The van der Waals surface area contributed by atoms with Crippen molar-refractivity contribution in [2.75, 3.05) is 0 Å². The lowest BCUT2D eigenvalue weighted by atomic mass is 10.1. The van der Waals surface area contributed by atoms with Crippen molar-refractivity contribution in [1.29, 1.82) is 0 Å². The second-order valence-corrected chi connectivity index (χ2v) is 4.54. The molecule has 100 valence electrons. The first-order valence-corrected chi connectivity index (χ1v) is 6.14. The van der Waals surface area contributed by atoms with Crippen molar-refractivity contribution in [3.8, 4) is 34.3 Å². The Bertz CT molecular complexity index is 750. The normalized spacial score (nSPS) is 10.7. The summed E-state index contributed by atoms with van der Waals surface area (Å²) in [6.45, 7) is 0. The van der Waals surface area contributed by atoms with E-state index in [0.717, 1.165) is 0 Å². The van der Waals surface area contributed by atoms with Gasteiger partial charge in [0.05, 0.1) is 0 Å². The van der Waals surface area contributed by atoms with E-state index in [0.29, 0.717) is 16.4 Å². The molecular formula is C14H9ClN2O3. The number of phenols is 2. The van der Waals surface area contributed by atoms with Crippen molar-refractivity contribution < 1.29 is 14.7 Å². The molecule has 6 heteroatoms. The van der Waals surface area contributed by atoms with Gasteiger partial charge in [-0.25, -0.2) is 0 Å². The first-order chi connectivity index (χ1) is 9.65. The highest BCUT2D eigenvalue weighted by Gasteiger charge is 2.17. The van der Waals surface area contributed by atoms with Crippen LogP contribution in [0.3, 0.4) is 0 Å². The van der Waals surface area contributed by atoms with E-state index in [4.69, 9.17) is 16.1 Å². The van der Waals surface area contributed by atoms with Crippen molar-refractivity contribution in [1.82, 2.24) is 10.1 Å². The molecule has 3 aromatic rings. The Morgan fingerprint density at radius 2 is 1.70 bits per heavy atom. The van der Waals surface area contributed by atoms with Crippen LogP contribution in [0.4, 0.5) is 0 Å². The molecule has 20 heavy (non-hydrogen) atoms. The molecule has 1 heterocycles. The first kappa shape index (κ1) is 12.5. The van der Waals surface area contributed by atoms with Crippen molar-refractivity contribution in [2.24, 2.45) is 0 Å². The largest absolute Gasteiger partial charge is 0.507 e. The lowest BCUT2D eigenvalue weighted by Gasteiger charge is -2.01. The molecule has 0 aliphatic rings. The minimum Gasteiger partial charge on any atom is -0.507 e. The lowest BCUT2D eigenvalue weighted by molar-refractivity contribution is 0.416. The fourth-order valence-electron chi connectivity index (χ4n) is 1.82. The average Bonchev–Trinajstić information content (AvgIpc) is 2.88. The average molecular weight is 289 g/mol. The van der Waals surface area contributed by atoms with Gasteiger partial charge in [-0.2, -0.15) is 4.98 Å². The van der Waals surface area contributed by atoms with Crippen molar-refractivity contribution in [2.45, 2.75) is 0 Å². The molecule has 0 atom stereocenters. The Kier molecular flexibility index (Phi) is 3.04. The standard InChI is InChI=1S/C14H9ClN2O3/c15-9-4-1-3-8(7-9)13-16-14(20-17-13)12-10(18)5-2-6-11(12)19/h1-7,18-19H. The summed E-state index contributed by atoms with van der Waals surface area (Å²) in [5, 5.41) is 23.9. The summed E-state index contributed by atoms with van der Waals surface area (Å²) in [4.78, 5) is 4.16. The summed E-state index contributed by atoms with van der Waals surface area (Å²) in [6, 6.07) is 11.4. The number of halogens is 1. The number of aromatic hydroxyl groups is 2. The highest BCUT2D eigenvalue weighted by atomic mass is 35.5. The third kappa shape index (κ3) is 2.19. The smallest absolute Gasteiger partial charge is 0.265 e. The fourth-order valence-corrected chi connectivity index (χ4v) is 2.01. The maximum atomic E-state index is 9.76. The highest BCUT2D eigenvalue weighted by Crippen LogP contribution is 2.36. The summed E-state index contributed by atoms with van der Waals surface area (Å²) in [7, 11) is 0. The molecule has 0 unspecified atom stereocenters. The van der Waals surface area contributed by atoms with Crippen LogP contribution in [0.15, 0.2) is 47.0 Å². The van der Waals surface area contributed by atoms with Gasteiger partial charge in [0.1, 0.15) is 17.1 Å². The van der Waals surface area contributed by atoms with E-state index >= 15 is 0 Å². The van der Waals surface area contributed by atoms with Gasteiger partial charge in [-0.1, -0.05) is 35.0 Å². The zero-order valence-electron chi connectivity index (χ0n) is 10.1. The number of phenolic OH excluding ortho intramolecular Hbond substituents is 2. The van der Waals surface area contributed by atoms with E-state index in [1.165, 1.54) is 18.2 Å². The van der Waals surface area contributed by atoms with Gasteiger partial charge in [0.15, 0.2) is 0 Å². The van der Waals surface area contributed by atoms with Gasteiger partial charge in [0.25, 0.3) is 5.89 Å². The lowest BCUT2D eigenvalue weighted by Crippen LogP contribution is -1.82. The van der Waals surface area contributed by atoms with Crippen LogP contribution in [0.2, 0.25) is 5.02 Å². The maximum Gasteiger partial charge on any atom is 0.265 e. The van der Waals surface area contributed by atoms with Gasteiger partial charge in [-0.05, 0) is 24.3 Å². The molecule has 0 bridgehead atoms. The summed E-state index contributed by atoms with van der Waals surface area (Å²) < 4.78 is 5.08. The minimum atomic E-state index is -0.133. The predicted octanol–water partition coefficient (Wildman–Crippen LogP) is 3.47. The van der Waals surface area contributed by atoms with E-state index < -0.39 is 0 Å². The molecule has 0 spiro atoms. The minimum absolute atomic E-state index is 0.0376. The van der Waals surface area contributed by atoms with Crippen LogP contribution in [-0.2, 0) is 0 Å². The maximum absolute atomic E-state index is 9.76. The quantitative estimate of drug-likeness (QED) is 0.755. The third-order valence-corrected chi connectivity index (χ3v) is 2.98. The summed E-state index contributed by atoms with van der Waals surface area (Å²) >= 11 is 5.90. The van der Waals surface area contributed by atoms with E-state index in [2.05, 4.69) is 10.1 Å². The predicted molar refractivity (Wildman–Crippen MR) is 73.5 cm³/mol. The first-order valence-electron chi connectivity index (χ1n) is 5.76. The molecule has 0 saturated heterocycles. The Labute approximate surface area is 119 Å². The highest BCUT2D eigenvalue weighted by molar-refractivity contribution is 6.30. The van der Waals surface area contributed by atoms with E-state index in [1.807, 2.05) is 0 Å². The van der Waals surface area contributed by atoms with Crippen molar-refractivity contribution >= 4 is 11.6 Å². The topological polar surface area (TPSA) is 79.4 Å². The molecule has 0 saturated carbocycles. The fraction of sp³-hybridized carbons (Fsp3) is 0. The van der Waals surface area contributed by atoms with E-state index in [9.17, 15) is 10.2 Å². The Morgan fingerprint density at radius 1 is 1.00 bits per heavy atom. The number of hydrogen-bond donors (Lipinski definition) is 2. The molecular weight excluding hydrogens is 280 g/mol. The molecule has 5 nitrogen and oxygen atoms in total. The Balaban J connectivity index is 2.07. The van der Waals surface area contributed by atoms with Crippen molar-refractivity contribution in [3.05, 3.63) is 47.5 Å². The van der Waals surface area contributed by atoms with E-state index in [1.54, 1.807) is 24.3 Å². The Morgan fingerprint density at radius 3 is 2.40 bits per heavy atom. The number of nitrogens with zero attached hydrogens (tertiary/aromatic N) is 2. The van der Waals surface area contributed by atoms with Gasteiger partial charge < -0.3 is 14.7 Å². The third-order valence-electron chi connectivity index (χ3n) is 2.74. The Hall–Kier alpha value is -2.53. The second-order valence-electron chi connectivity index (χ2n) is 4.10. The monoisotopic (exact) mass is 288 g/mol. The molecule has 0 amide bonds. The number of rotatable bonds is 2. The van der Waals surface area contributed by atoms with E-state index in [-0.39, 0.29) is 23.0 Å². The van der Waals surface area contributed by atoms with Crippen LogP contribution < -0.4 is 0 Å². The number of hydrogen-bond acceptors (Lipinski definition) is 5. The molecule has 0 aliphatic carbocycles. The summed E-state index contributed by atoms with van der Waals surface area (Å²) in [6.07, 6.45) is 0. The number of aromatic nitrogens is 2. The van der Waals surface area contributed by atoms with Gasteiger partial charge >= 0.3 is 0 Å². The zero-order valence-corrected chi connectivity index (χ0v) is 10.9. The molecule has 2 aromatic carbocycles. The van der Waals surface area contributed by atoms with Crippen LogP contribution in [0.1, 0.15) is 0 Å². The second kappa shape index (κ2) is 4.86. The van der Waals surface area contributed by atoms with Gasteiger partial charge in [0, 0.05) is 10.6 Å². The van der Waals surface area contributed by atoms with Gasteiger partial charge in [-0.3, -0.25) is 0 Å². The number of benzene rings is 2. The molecule has 2 N–H and O–H groups in total. The van der Waals surface area contributed by atoms with Crippen LogP contribution in [0.25, 0.3) is 22.8 Å². The zero-order chi connectivity index (χ0) is 14.1. The van der Waals surface area contributed by atoms with Crippen LogP contribution in [-0.4, -0.2) is 20.4 Å². The van der Waals surface area contributed by atoms with Gasteiger partial charge in [-0.15, -0.1) is 0 Å². The van der Waals surface area contributed by atoms with Crippen molar-refractivity contribution in [3.63, 3.8) is 0 Å². The van der Waals surface area contributed by atoms with Crippen LogP contribution in [0.5, 0.6) is 11.5 Å². The molecule has 0 aliphatic heterocycles. The SMILES string of the molecule is Oc1cccc(O)c1-c1nc(-c2cccc(Cl)c2)no1. The molecule has 1 aromatic heterocycles. The summed E-state index contributed by atoms with van der Waals surface area (Å²) in [5.74, 6) is 0.0957.